The molecule has 1 aromatic carbocycles. The molecule has 0 amide bonds. The predicted molar refractivity (Wildman–Crippen MR) is 68.3 cm³/mol. The summed E-state index contributed by atoms with van der Waals surface area (Å²) in [5.41, 5.74) is 0.451. The number of hydrogen-bond acceptors (Lipinski definition) is 5. The second kappa shape index (κ2) is 5.58. The van der Waals surface area contributed by atoms with E-state index < -0.39 is 11.8 Å². The van der Waals surface area contributed by atoms with E-state index in [1.54, 1.807) is 12.1 Å². The fraction of sp³-hybridized carbons (Fsp3) is 0.0769. The molecule has 19 heavy (non-hydrogen) atoms. The minimum atomic E-state index is -0.584. The SMILES string of the molecule is COC(=O)c1ccccc1C(=O)c1cncc(Cl)n1. The van der Waals surface area contributed by atoms with Crippen LogP contribution in [0.3, 0.4) is 0 Å². The van der Waals surface area contributed by atoms with Gasteiger partial charge in [0.1, 0.15) is 10.8 Å². The highest BCUT2D eigenvalue weighted by Gasteiger charge is 2.19. The van der Waals surface area contributed by atoms with E-state index in [-0.39, 0.29) is 22.0 Å². The molecule has 0 saturated carbocycles. The van der Waals surface area contributed by atoms with Gasteiger partial charge in [-0.1, -0.05) is 29.8 Å². The van der Waals surface area contributed by atoms with Crippen LogP contribution in [0.1, 0.15) is 26.4 Å². The Morgan fingerprint density at radius 2 is 1.84 bits per heavy atom. The minimum absolute atomic E-state index is 0.0730. The highest BCUT2D eigenvalue weighted by molar-refractivity contribution is 6.29. The number of aromatic nitrogens is 2. The zero-order valence-corrected chi connectivity index (χ0v) is 10.7. The fourth-order valence-electron chi connectivity index (χ4n) is 1.56. The van der Waals surface area contributed by atoms with E-state index in [9.17, 15) is 9.59 Å². The van der Waals surface area contributed by atoms with Gasteiger partial charge in [0.05, 0.1) is 25.1 Å². The maximum atomic E-state index is 12.3. The molecule has 2 rings (SSSR count). The van der Waals surface area contributed by atoms with Gasteiger partial charge in [0.15, 0.2) is 0 Å². The monoisotopic (exact) mass is 276 g/mol. The Morgan fingerprint density at radius 1 is 1.16 bits per heavy atom. The van der Waals surface area contributed by atoms with Crippen molar-refractivity contribution in [3.8, 4) is 0 Å². The Balaban J connectivity index is 2.47. The fourth-order valence-corrected chi connectivity index (χ4v) is 1.71. The molecule has 0 saturated heterocycles. The van der Waals surface area contributed by atoms with Crippen LogP contribution in [0.25, 0.3) is 0 Å². The van der Waals surface area contributed by atoms with Gasteiger partial charge in [0.25, 0.3) is 0 Å². The van der Waals surface area contributed by atoms with Crippen LogP contribution in [0.15, 0.2) is 36.7 Å². The number of ketones is 1. The summed E-state index contributed by atoms with van der Waals surface area (Å²) in [6.07, 6.45) is 2.62. The molecule has 5 nitrogen and oxygen atoms in total. The minimum Gasteiger partial charge on any atom is -0.465 e. The number of benzene rings is 1. The maximum absolute atomic E-state index is 12.3. The summed E-state index contributed by atoms with van der Waals surface area (Å²) in [6.45, 7) is 0. The maximum Gasteiger partial charge on any atom is 0.338 e. The van der Waals surface area contributed by atoms with Crippen LogP contribution in [0.4, 0.5) is 0 Å². The predicted octanol–water partition coefficient (Wildman–Crippen LogP) is 2.15. The van der Waals surface area contributed by atoms with Crippen molar-refractivity contribution >= 4 is 23.4 Å². The van der Waals surface area contributed by atoms with Gasteiger partial charge in [-0.2, -0.15) is 0 Å². The van der Waals surface area contributed by atoms with Gasteiger partial charge in [-0.3, -0.25) is 9.78 Å². The van der Waals surface area contributed by atoms with Crippen molar-refractivity contribution in [2.75, 3.05) is 7.11 Å². The van der Waals surface area contributed by atoms with Gasteiger partial charge in [0.2, 0.25) is 5.78 Å². The standard InChI is InChI=1S/C13H9ClN2O3/c1-19-13(18)9-5-3-2-4-8(9)12(17)10-6-15-7-11(14)16-10/h2-7H,1H3. The van der Waals surface area contributed by atoms with Crippen LogP contribution in [0.5, 0.6) is 0 Å². The second-order valence-corrected chi connectivity index (χ2v) is 3.98. The third-order valence-electron chi connectivity index (χ3n) is 2.41. The van der Waals surface area contributed by atoms with Crippen molar-refractivity contribution in [3.05, 3.63) is 58.6 Å². The second-order valence-electron chi connectivity index (χ2n) is 3.59. The Kier molecular flexibility index (Phi) is 3.87. The topological polar surface area (TPSA) is 69.2 Å². The van der Waals surface area contributed by atoms with Crippen LogP contribution in [0.2, 0.25) is 5.15 Å². The first-order valence-electron chi connectivity index (χ1n) is 5.33. The molecule has 1 heterocycles. The van der Waals surface area contributed by atoms with Gasteiger partial charge >= 0.3 is 5.97 Å². The Labute approximate surface area is 114 Å². The number of halogens is 1. The molecule has 0 N–H and O–H groups in total. The molecule has 0 aliphatic rings. The molecule has 6 heteroatoms. The molecule has 0 fully saturated rings. The number of esters is 1. The molecule has 0 aliphatic heterocycles. The molecular weight excluding hydrogens is 268 g/mol. The van der Waals surface area contributed by atoms with Gasteiger partial charge in [-0.25, -0.2) is 9.78 Å². The van der Waals surface area contributed by atoms with E-state index in [0.29, 0.717) is 0 Å². The van der Waals surface area contributed by atoms with Crippen molar-refractivity contribution in [3.63, 3.8) is 0 Å². The molecule has 0 radical (unpaired) electrons. The summed E-state index contributed by atoms with van der Waals surface area (Å²) >= 11 is 5.69. The summed E-state index contributed by atoms with van der Waals surface area (Å²) in [7, 11) is 1.25. The first kappa shape index (κ1) is 13.2. The first-order valence-corrected chi connectivity index (χ1v) is 5.71. The van der Waals surface area contributed by atoms with Crippen molar-refractivity contribution in [2.45, 2.75) is 0 Å². The summed E-state index contributed by atoms with van der Waals surface area (Å²) in [5, 5.41) is 0.112. The van der Waals surface area contributed by atoms with Crippen LogP contribution < -0.4 is 0 Å². The molecule has 1 aromatic heterocycles. The van der Waals surface area contributed by atoms with Crippen LogP contribution in [0, 0.1) is 0 Å². The van der Waals surface area contributed by atoms with E-state index >= 15 is 0 Å². The summed E-state index contributed by atoms with van der Waals surface area (Å²) in [6, 6.07) is 6.33. The summed E-state index contributed by atoms with van der Waals surface area (Å²) in [5.74, 6) is -1.02. The van der Waals surface area contributed by atoms with Crippen molar-refractivity contribution in [1.29, 1.82) is 0 Å². The van der Waals surface area contributed by atoms with Crippen LogP contribution >= 0.6 is 11.6 Å². The summed E-state index contributed by atoms with van der Waals surface area (Å²) in [4.78, 5) is 31.5. The van der Waals surface area contributed by atoms with E-state index in [2.05, 4.69) is 14.7 Å². The van der Waals surface area contributed by atoms with Gasteiger partial charge < -0.3 is 4.74 Å². The van der Waals surface area contributed by atoms with Crippen molar-refractivity contribution in [1.82, 2.24) is 9.97 Å². The first-order chi connectivity index (χ1) is 9.13. The van der Waals surface area contributed by atoms with E-state index in [4.69, 9.17) is 11.6 Å². The smallest absolute Gasteiger partial charge is 0.338 e. The van der Waals surface area contributed by atoms with Gasteiger partial charge in [-0.15, -0.1) is 0 Å². The van der Waals surface area contributed by atoms with E-state index in [1.165, 1.54) is 31.6 Å². The number of carbonyl (C=O) groups excluding carboxylic acids is 2. The van der Waals surface area contributed by atoms with E-state index in [1.807, 2.05) is 0 Å². The lowest BCUT2D eigenvalue weighted by atomic mass is 10.0. The van der Waals surface area contributed by atoms with E-state index in [0.717, 1.165) is 0 Å². The Morgan fingerprint density at radius 3 is 2.47 bits per heavy atom. The molecular formula is C13H9ClN2O3. The number of carbonyl (C=O) groups is 2. The lowest BCUT2D eigenvalue weighted by Crippen LogP contribution is -2.12. The molecule has 96 valence electrons. The summed E-state index contributed by atoms with van der Waals surface area (Å²) < 4.78 is 4.63. The molecule has 0 spiro atoms. The lowest BCUT2D eigenvalue weighted by Gasteiger charge is -2.06. The van der Waals surface area contributed by atoms with Crippen molar-refractivity contribution in [2.24, 2.45) is 0 Å². The quantitative estimate of drug-likeness (QED) is 0.635. The average Bonchev–Trinajstić information content (AvgIpc) is 2.45. The Hall–Kier alpha value is -2.27. The number of rotatable bonds is 3. The number of nitrogens with zero attached hydrogens (tertiary/aromatic N) is 2. The highest BCUT2D eigenvalue weighted by atomic mass is 35.5. The average molecular weight is 277 g/mol. The molecule has 0 unspecified atom stereocenters. The largest absolute Gasteiger partial charge is 0.465 e. The molecule has 2 aromatic rings. The van der Waals surface area contributed by atoms with Crippen molar-refractivity contribution < 1.29 is 14.3 Å². The number of hydrogen-bond donors (Lipinski definition) is 0. The zero-order chi connectivity index (χ0) is 13.8. The number of ether oxygens (including phenoxy) is 1. The number of methoxy groups -OCH3 is 1. The lowest BCUT2D eigenvalue weighted by molar-refractivity contribution is 0.0597. The molecule has 0 atom stereocenters. The third kappa shape index (κ3) is 2.77. The zero-order valence-electron chi connectivity index (χ0n) is 9.96. The molecule has 0 aliphatic carbocycles. The van der Waals surface area contributed by atoms with Gasteiger partial charge in [0, 0.05) is 5.56 Å². The van der Waals surface area contributed by atoms with Gasteiger partial charge in [-0.05, 0) is 6.07 Å². The van der Waals surface area contributed by atoms with Crippen LogP contribution in [-0.2, 0) is 4.74 Å². The molecule has 0 bridgehead atoms. The van der Waals surface area contributed by atoms with Crippen LogP contribution in [-0.4, -0.2) is 28.8 Å². The third-order valence-corrected chi connectivity index (χ3v) is 2.60. The highest BCUT2D eigenvalue weighted by Crippen LogP contribution is 2.15. The Bertz CT molecular complexity index is 643. The normalized spacial score (nSPS) is 10.0.